The van der Waals surface area contributed by atoms with Gasteiger partial charge in [0.1, 0.15) is 16.7 Å². The summed E-state index contributed by atoms with van der Waals surface area (Å²) in [6, 6.07) is 9.85. The first-order valence-corrected chi connectivity index (χ1v) is 11.1. The second-order valence-electron chi connectivity index (χ2n) is 7.57. The highest BCUT2D eigenvalue weighted by atomic mass is 32.2. The van der Waals surface area contributed by atoms with Crippen molar-refractivity contribution in [1.82, 2.24) is 9.97 Å². The number of H-pyrrole nitrogens is 1. The van der Waals surface area contributed by atoms with Crippen LogP contribution >= 0.6 is 0 Å². The van der Waals surface area contributed by atoms with Crippen LogP contribution in [0, 0.1) is 5.92 Å². The van der Waals surface area contributed by atoms with Crippen LogP contribution in [0.1, 0.15) is 12.8 Å². The van der Waals surface area contributed by atoms with E-state index in [0.29, 0.717) is 29.2 Å². The van der Waals surface area contributed by atoms with Crippen molar-refractivity contribution >= 4 is 44.7 Å². The minimum atomic E-state index is -4.09. The summed E-state index contributed by atoms with van der Waals surface area (Å²) in [7, 11) is -4.09. The van der Waals surface area contributed by atoms with Crippen LogP contribution in [0.4, 0.5) is 11.6 Å². The number of fused-ring (bicyclic) bond motifs is 1. The first kappa shape index (κ1) is 19.4. The molecule has 3 aromatic rings. The number of aromatic nitrogens is 2. The molecule has 1 aromatic heterocycles. The number of anilines is 2. The molecule has 0 radical (unpaired) electrons. The van der Waals surface area contributed by atoms with Crippen LogP contribution in [0.5, 0.6) is 5.75 Å². The van der Waals surface area contributed by atoms with Gasteiger partial charge >= 0.3 is 16.1 Å². The van der Waals surface area contributed by atoms with E-state index in [-0.39, 0.29) is 22.5 Å². The second-order valence-corrected chi connectivity index (χ2v) is 9.11. The van der Waals surface area contributed by atoms with Crippen LogP contribution in [-0.4, -0.2) is 48.0 Å². The Hall–Kier alpha value is -3.60. The summed E-state index contributed by atoms with van der Waals surface area (Å²) < 4.78 is 30.5. The van der Waals surface area contributed by atoms with Gasteiger partial charge in [-0.05, 0) is 49.2 Å². The molecule has 1 amide bonds. The average Bonchev–Trinajstić information content (AvgIpc) is 3.63. The summed E-state index contributed by atoms with van der Waals surface area (Å²) in [6.07, 6.45) is 1.75. The molecular weight excluding hydrogens is 424 g/mol. The fraction of sp³-hybridized carbons (Fsp3) is 0.250. The van der Waals surface area contributed by atoms with Crippen molar-refractivity contribution in [3.8, 4) is 5.75 Å². The number of nitrogens with one attached hydrogen (secondary N) is 2. The number of aliphatic carboxylic acids is 1. The van der Waals surface area contributed by atoms with E-state index in [4.69, 9.17) is 9.29 Å². The molecule has 1 aliphatic heterocycles. The quantitative estimate of drug-likeness (QED) is 0.372. The molecule has 2 fully saturated rings. The van der Waals surface area contributed by atoms with Crippen molar-refractivity contribution in [3.05, 3.63) is 42.5 Å². The zero-order valence-corrected chi connectivity index (χ0v) is 16.9. The third-order valence-electron chi connectivity index (χ3n) is 5.20. The Morgan fingerprint density at radius 1 is 1.16 bits per heavy atom. The predicted octanol–water partition coefficient (Wildman–Crippen LogP) is 1.95. The highest BCUT2D eigenvalue weighted by Crippen LogP contribution is 2.31. The van der Waals surface area contributed by atoms with E-state index in [0.717, 1.165) is 12.8 Å². The Morgan fingerprint density at radius 3 is 2.55 bits per heavy atom. The van der Waals surface area contributed by atoms with Gasteiger partial charge < -0.3 is 19.2 Å². The predicted molar refractivity (Wildman–Crippen MR) is 110 cm³/mol. The number of carbonyl (C=O) groups is 2. The first-order valence-electron chi connectivity index (χ1n) is 9.65. The minimum absolute atomic E-state index is 0.0374. The van der Waals surface area contributed by atoms with Crippen molar-refractivity contribution in [2.75, 3.05) is 16.8 Å². The summed E-state index contributed by atoms with van der Waals surface area (Å²) >= 11 is 0. The number of benzene rings is 2. The standard InChI is InChI=1S/C20H18N4O6S/c25-18(11-1-2-11)23-20-21-15-8-5-13(9-16(15)22-20)30-31(28,29)14-6-3-12(4-7-14)24-10-17(24)19(26)27/h3-9,11,17H,1-2,10H2,(H,26,27)(H2,21,22,23,25). The number of carboxylic acids is 1. The Morgan fingerprint density at radius 2 is 1.90 bits per heavy atom. The molecule has 11 heteroatoms. The van der Waals surface area contributed by atoms with E-state index in [2.05, 4.69) is 15.3 Å². The van der Waals surface area contributed by atoms with Gasteiger partial charge in [-0.15, -0.1) is 0 Å². The number of aromatic amines is 1. The van der Waals surface area contributed by atoms with Gasteiger partial charge in [-0.1, -0.05) is 0 Å². The zero-order chi connectivity index (χ0) is 21.8. The third kappa shape index (κ3) is 3.91. The number of amides is 1. The fourth-order valence-electron chi connectivity index (χ4n) is 3.28. The molecular formula is C20H18N4O6S. The van der Waals surface area contributed by atoms with Gasteiger partial charge in [0.05, 0.1) is 17.6 Å². The first-order chi connectivity index (χ1) is 14.8. The zero-order valence-electron chi connectivity index (χ0n) is 16.1. The van der Waals surface area contributed by atoms with Crippen molar-refractivity contribution in [1.29, 1.82) is 0 Å². The number of hydrogen-bond acceptors (Lipinski definition) is 7. The molecule has 31 heavy (non-hydrogen) atoms. The lowest BCUT2D eigenvalue weighted by atomic mass is 10.3. The Bertz CT molecular complexity index is 1300. The summed E-state index contributed by atoms with van der Waals surface area (Å²) in [5.41, 5.74) is 1.72. The smallest absolute Gasteiger partial charge is 0.339 e. The number of hydrogen-bond donors (Lipinski definition) is 3. The molecule has 160 valence electrons. The van der Waals surface area contributed by atoms with Gasteiger partial charge in [-0.3, -0.25) is 10.1 Å². The Labute approximate surface area is 177 Å². The minimum Gasteiger partial charge on any atom is -0.480 e. The molecule has 1 aliphatic carbocycles. The van der Waals surface area contributed by atoms with Crippen molar-refractivity contribution < 1.29 is 27.3 Å². The number of carboxylic acid groups (broad SMARTS) is 1. The highest BCUT2D eigenvalue weighted by Gasteiger charge is 2.40. The van der Waals surface area contributed by atoms with Crippen molar-refractivity contribution in [2.45, 2.75) is 23.8 Å². The van der Waals surface area contributed by atoms with Crippen molar-refractivity contribution in [3.63, 3.8) is 0 Å². The molecule has 2 aliphatic rings. The number of nitrogens with zero attached hydrogens (tertiary/aromatic N) is 2. The van der Waals surface area contributed by atoms with E-state index in [9.17, 15) is 18.0 Å². The van der Waals surface area contributed by atoms with E-state index in [1.807, 2.05) is 0 Å². The maximum atomic E-state index is 12.6. The molecule has 0 bridgehead atoms. The Kier molecular flexibility index (Phi) is 4.36. The second kappa shape index (κ2) is 6.98. The monoisotopic (exact) mass is 442 g/mol. The fourth-order valence-corrected chi connectivity index (χ4v) is 4.20. The molecule has 3 N–H and O–H groups in total. The van der Waals surface area contributed by atoms with E-state index in [1.54, 1.807) is 23.1 Å². The van der Waals surface area contributed by atoms with Gasteiger partial charge in [0.15, 0.2) is 0 Å². The van der Waals surface area contributed by atoms with Gasteiger partial charge in [-0.2, -0.15) is 8.42 Å². The maximum absolute atomic E-state index is 12.6. The van der Waals surface area contributed by atoms with E-state index in [1.165, 1.54) is 24.3 Å². The molecule has 2 aromatic carbocycles. The molecule has 1 unspecified atom stereocenters. The van der Waals surface area contributed by atoms with E-state index >= 15 is 0 Å². The molecule has 1 saturated carbocycles. The van der Waals surface area contributed by atoms with Gasteiger partial charge in [0.2, 0.25) is 11.9 Å². The summed E-state index contributed by atoms with van der Waals surface area (Å²) in [5.74, 6) is -0.562. The van der Waals surface area contributed by atoms with Crippen molar-refractivity contribution in [2.24, 2.45) is 5.92 Å². The lowest BCUT2D eigenvalue weighted by Gasteiger charge is -2.09. The van der Waals surface area contributed by atoms with Crippen LogP contribution in [0.15, 0.2) is 47.4 Å². The molecule has 0 spiro atoms. The maximum Gasteiger partial charge on any atom is 0.339 e. The van der Waals surface area contributed by atoms with Crippen LogP contribution < -0.4 is 14.4 Å². The topological polar surface area (TPSA) is 141 Å². The number of carbonyl (C=O) groups excluding carboxylic acids is 1. The van der Waals surface area contributed by atoms with E-state index < -0.39 is 22.1 Å². The van der Waals surface area contributed by atoms with Crippen LogP contribution in [0.25, 0.3) is 11.0 Å². The lowest BCUT2D eigenvalue weighted by Crippen LogP contribution is -2.14. The van der Waals surface area contributed by atoms with Gasteiger partial charge in [-0.25, -0.2) is 9.78 Å². The highest BCUT2D eigenvalue weighted by molar-refractivity contribution is 7.87. The van der Waals surface area contributed by atoms with Gasteiger partial charge in [0, 0.05) is 17.7 Å². The molecule has 1 saturated heterocycles. The Balaban J connectivity index is 1.31. The summed E-state index contributed by atoms with van der Waals surface area (Å²) in [5, 5.41) is 11.7. The largest absolute Gasteiger partial charge is 0.480 e. The molecule has 2 heterocycles. The summed E-state index contributed by atoms with van der Waals surface area (Å²) in [4.78, 5) is 31.7. The SMILES string of the molecule is O=C(Nc1nc2ccc(OS(=O)(=O)c3ccc(N4CC4C(=O)O)cc3)cc2[nH]1)C1CC1. The number of imidazole rings is 1. The molecule has 1 atom stereocenters. The van der Waals surface area contributed by atoms with Gasteiger partial charge in [0.25, 0.3) is 0 Å². The summed E-state index contributed by atoms with van der Waals surface area (Å²) in [6.45, 7) is 0.394. The lowest BCUT2D eigenvalue weighted by molar-refractivity contribution is -0.136. The third-order valence-corrected chi connectivity index (χ3v) is 6.46. The normalized spacial score (nSPS) is 18.1. The number of rotatable bonds is 7. The van der Waals surface area contributed by atoms with Crippen LogP contribution in [0.2, 0.25) is 0 Å². The molecule has 10 nitrogen and oxygen atoms in total. The van der Waals surface area contributed by atoms with Crippen LogP contribution in [0.3, 0.4) is 0 Å². The van der Waals surface area contributed by atoms with Crippen LogP contribution in [-0.2, 0) is 19.7 Å². The average molecular weight is 442 g/mol. The molecule has 5 rings (SSSR count).